The molecule has 0 spiro atoms. The van der Waals surface area contributed by atoms with E-state index in [0.29, 0.717) is 6.04 Å². The predicted octanol–water partition coefficient (Wildman–Crippen LogP) is 2.94. The number of aromatic nitrogens is 1. The van der Waals surface area contributed by atoms with Crippen molar-refractivity contribution < 1.29 is 0 Å². The molecule has 1 aliphatic rings. The van der Waals surface area contributed by atoms with Crippen molar-refractivity contribution in [2.75, 3.05) is 6.54 Å². The standard InChI is InChI=1S/C15H22N4S/c1-3-13-8-5-7-11-19(13)15(20)18-17-12(2)14-9-4-6-10-16-14/h4,6,9-10,13H,3,5,7-8,11H2,1-2H3,(H,18,20)/b17-12-/t13-/m0/s1. The normalized spacial score (nSPS) is 19.8. The van der Waals surface area contributed by atoms with Crippen molar-refractivity contribution in [3.8, 4) is 0 Å². The van der Waals surface area contributed by atoms with Crippen LogP contribution < -0.4 is 5.43 Å². The molecule has 0 unspecified atom stereocenters. The summed E-state index contributed by atoms with van der Waals surface area (Å²) in [6.45, 7) is 5.18. The number of nitrogens with zero attached hydrogens (tertiary/aromatic N) is 3. The zero-order valence-corrected chi connectivity index (χ0v) is 13.0. The van der Waals surface area contributed by atoms with Crippen LogP contribution >= 0.6 is 12.2 Å². The molecule has 5 heteroatoms. The van der Waals surface area contributed by atoms with Gasteiger partial charge in [-0.1, -0.05) is 13.0 Å². The minimum Gasteiger partial charge on any atom is -0.345 e. The van der Waals surface area contributed by atoms with E-state index < -0.39 is 0 Å². The Bertz CT molecular complexity index is 472. The highest BCUT2D eigenvalue weighted by Crippen LogP contribution is 2.19. The van der Waals surface area contributed by atoms with Gasteiger partial charge in [-0.3, -0.25) is 10.4 Å². The lowest BCUT2D eigenvalue weighted by Crippen LogP contribution is -2.47. The van der Waals surface area contributed by atoms with Crippen LogP contribution in [0.25, 0.3) is 0 Å². The highest BCUT2D eigenvalue weighted by atomic mass is 32.1. The lowest BCUT2D eigenvalue weighted by molar-refractivity contribution is 0.233. The Labute approximate surface area is 126 Å². The third kappa shape index (κ3) is 3.76. The second-order valence-electron chi connectivity index (χ2n) is 5.08. The van der Waals surface area contributed by atoms with Gasteiger partial charge in [-0.05, 0) is 57.0 Å². The van der Waals surface area contributed by atoms with Gasteiger partial charge in [0.2, 0.25) is 0 Å². The number of likely N-dealkylation sites (tertiary alicyclic amines) is 1. The number of rotatable bonds is 3. The number of hydrazone groups is 1. The summed E-state index contributed by atoms with van der Waals surface area (Å²) in [6.07, 6.45) is 6.63. The summed E-state index contributed by atoms with van der Waals surface area (Å²) in [5, 5.41) is 5.09. The van der Waals surface area contributed by atoms with Gasteiger partial charge in [0.05, 0.1) is 11.4 Å². The van der Waals surface area contributed by atoms with E-state index in [2.05, 4.69) is 27.3 Å². The van der Waals surface area contributed by atoms with Crippen LogP contribution in [0.3, 0.4) is 0 Å². The van der Waals surface area contributed by atoms with Gasteiger partial charge >= 0.3 is 0 Å². The number of thiocarbonyl (C=S) groups is 1. The van der Waals surface area contributed by atoms with Gasteiger partial charge in [0.25, 0.3) is 0 Å². The van der Waals surface area contributed by atoms with Gasteiger partial charge < -0.3 is 4.90 Å². The summed E-state index contributed by atoms with van der Waals surface area (Å²) in [6, 6.07) is 6.35. The van der Waals surface area contributed by atoms with E-state index >= 15 is 0 Å². The molecule has 1 fully saturated rings. The molecule has 1 aliphatic heterocycles. The fourth-order valence-electron chi connectivity index (χ4n) is 2.52. The highest BCUT2D eigenvalue weighted by molar-refractivity contribution is 7.80. The predicted molar refractivity (Wildman–Crippen MR) is 86.8 cm³/mol. The lowest BCUT2D eigenvalue weighted by atomic mass is 10.0. The van der Waals surface area contributed by atoms with Crippen LogP contribution in [-0.2, 0) is 0 Å². The quantitative estimate of drug-likeness (QED) is 0.528. The molecule has 0 radical (unpaired) electrons. The Morgan fingerprint density at radius 2 is 2.35 bits per heavy atom. The molecule has 1 aromatic heterocycles. The molecule has 1 N–H and O–H groups in total. The van der Waals surface area contributed by atoms with Crippen LogP contribution in [0.2, 0.25) is 0 Å². The monoisotopic (exact) mass is 290 g/mol. The first-order chi connectivity index (χ1) is 9.72. The Morgan fingerprint density at radius 1 is 1.50 bits per heavy atom. The SMILES string of the molecule is CC[C@H]1CCCCN1C(=S)N/N=C(/C)c1ccccn1. The number of hydrogen-bond donors (Lipinski definition) is 1. The first-order valence-corrected chi connectivity index (χ1v) is 7.65. The summed E-state index contributed by atoms with van der Waals surface area (Å²) in [5.74, 6) is 0. The summed E-state index contributed by atoms with van der Waals surface area (Å²) in [4.78, 5) is 6.54. The minimum atomic E-state index is 0.550. The van der Waals surface area contributed by atoms with Crippen molar-refractivity contribution in [3.05, 3.63) is 30.1 Å². The van der Waals surface area contributed by atoms with Gasteiger partial charge in [0, 0.05) is 18.8 Å². The fourth-order valence-corrected chi connectivity index (χ4v) is 2.81. The molecule has 0 amide bonds. The molecule has 2 heterocycles. The third-order valence-corrected chi connectivity index (χ3v) is 4.04. The molecule has 0 saturated carbocycles. The van der Waals surface area contributed by atoms with E-state index in [1.54, 1.807) is 6.20 Å². The maximum atomic E-state index is 5.47. The van der Waals surface area contributed by atoms with E-state index in [4.69, 9.17) is 12.2 Å². The van der Waals surface area contributed by atoms with E-state index in [0.717, 1.165) is 29.5 Å². The van der Waals surface area contributed by atoms with Gasteiger partial charge in [-0.15, -0.1) is 0 Å². The molecular weight excluding hydrogens is 268 g/mol. The molecule has 2 rings (SSSR count). The van der Waals surface area contributed by atoms with E-state index in [-0.39, 0.29) is 0 Å². The molecule has 0 aromatic carbocycles. The van der Waals surface area contributed by atoms with Gasteiger partial charge in [-0.2, -0.15) is 5.10 Å². The van der Waals surface area contributed by atoms with Gasteiger partial charge in [0.1, 0.15) is 0 Å². The van der Waals surface area contributed by atoms with Crippen LogP contribution in [0, 0.1) is 0 Å². The topological polar surface area (TPSA) is 40.5 Å². The largest absolute Gasteiger partial charge is 0.345 e. The zero-order valence-electron chi connectivity index (χ0n) is 12.2. The number of piperidine rings is 1. The molecular formula is C15H22N4S. The number of nitrogens with one attached hydrogen (secondary N) is 1. The highest BCUT2D eigenvalue weighted by Gasteiger charge is 2.22. The second-order valence-corrected chi connectivity index (χ2v) is 5.47. The average molecular weight is 290 g/mol. The maximum Gasteiger partial charge on any atom is 0.189 e. The molecule has 20 heavy (non-hydrogen) atoms. The summed E-state index contributed by atoms with van der Waals surface area (Å²) in [7, 11) is 0. The average Bonchev–Trinajstić information content (AvgIpc) is 2.53. The van der Waals surface area contributed by atoms with E-state index in [1.807, 2.05) is 25.1 Å². The van der Waals surface area contributed by atoms with Crippen molar-refractivity contribution >= 4 is 23.0 Å². The maximum absolute atomic E-state index is 5.47. The lowest BCUT2D eigenvalue weighted by Gasteiger charge is -2.36. The van der Waals surface area contributed by atoms with Crippen molar-refractivity contribution in [1.82, 2.24) is 15.3 Å². The smallest absolute Gasteiger partial charge is 0.189 e. The van der Waals surface area contributed by atoms with E-state index in [9.17, 15) is 0 Å². The summed E-state index contributed by atoms with van der Waals surface area (Å²) in [5.41, 5.74) is 4.73. The van der Waals surface area contributed by atoms with Crippen molar-refractivity contribution in [2.24, 2.45) is 5.10 Å². The molecule has 1 atom stereocenters. The van der Waals surface area contributed by atoms with Crippen LogP contribution in [0.1, 0.15) is 45.2 Å². The molecule has 0 bridgehead atoms. The Balaban J connectivity index is 1.97. The first-order valence-electron chi connectivity index (χ1n) is 7.24. The molecule has 1 saturated heterocycles. The van der Waals surface area contributed by atoms with Crippen LogP contribution in [-0.4, -0.2) is 33.3 Å². The molecule has 108 valence electrons. The minimum absolute atomic E-state index is 0.550. The fraction of sp³-hybridized carbons (Fsp3) is 0.533. The summed E-state index contributed by atoms with van der Waals surface area (Å²) >= 11 is 5.47. The van der Waals surface area contributed by atoms with Crippen molar-refractivity contribution in [3.63, 3.8) is 0 Å². The third-order valence-electron chi connectivity index (χ3n) is 3.71. The number of hydrogen-bond acceptors (Lipinski definition) is 3. The second kappa shape index (κ2) is 7.33. The Morgan fingerprint density at radius 3 is 3.05 bits per heavy atom. The van der Waals surface area contributed by atoms with Crippen LogP contribution in [0.4, 0.5) is 0 Å². The Kier molecular flexibility index (Phi) is 5.47. The van der Waals surface area contributed by atoms with Crippen molar-refractivity contribution in [2.45, 2.75) is 45.6 Å². The molecule has 0 aliphatic carbocycles. The van der Waals surface area contributed by atoms with Crippen LogP contribution in [0.15, 0.2) is 29.5 Å². The van der Waals surface area contributed by atoms with Crippen molar-refractivity contribution in [1.29, 1.82) is 0 Å². The Hall–Kier alpha value is -1.49. The summed E-state index contributed by atoms with van der Waals surface area (Å²) < 4.78 is 0. The first kappa shape index (κ1) is 14.9. The van der Waals surface area contributed by atoms with Crippen LogP contribution in [0.5, 0.6) is 0 Å². The van der Waals surface area contributed by atoms with Gasteiger partial charge in [0.15, 0.2) is 5.11 Å². The molecule has 1 aromatic rings. The number of pyridine rings is 1. The molecule has 4 nitrogen and oxygen atoms in total. The van der Waals surface area contributed by atoms with Gasteiger partial charge in [-0.25, -0.2) is 0 Å². The van der Waals surface area contributed by atoms with E-state index in [1.165, 1.54) is 19.3 Å². The zero-order chi connectivity index (χ0) is 14.4.